The Morgan fingerprint density at radius 1 is 1.05 bits per heavy atom. The van der Waals surface area contributed by atoms with Gasteiger partial charge in [-0.2, -0.15) is 0 Å². The molecule has 0 bridgehead atoms. The minimum atomic E-state index is 0.516. The van der Waals surface area contributed by atoms with Crippen molar-refractivity contribution in [3.63, 3.8) is 0 Å². The van der Waals surface area contributed by atoms with E-state index in [9.17, 15) is 0 Å². The van der Waals surface area contributed by atoms with Crippen molar-refractivity contribution in [3.8, 4) is 11.4 Å². The largest absolute Gasteiger partial charge is 0.384 e. The van der Waals surface area contributed by atoms with E-state index in [1.807, 2.05) is 36.4 Å². The van der Waals surface area contributed by atoms with Crippen LogP contribution in [0.1, 0.15) is 0 Å². The minimum Gasteiger partial charge on any atom is -0.384 e. The fraction of sp³-hybridized carbons (Fsp3) is 0.286. The summed E-state index contributed by atoms with van der Waals surface area (Å²) in [5.41, 5.74) is 6.90. The number of nitrogens with zero attached hydrogens (tertiary/aromatic N) is 3. The SMILES string of the molecule is Nc1cc(N2CCNCC2)nc(-c2ccccc2)n1. The van der Waals surface area contributed by atoms with Crippen LogP contribution in [-0.2, 0) is 0 Å². The number of benzene rings is 1. The standard InChI is InChI=1S/C14H17N5/c15-12-10-13(19-8-6-16-7-9-19)18-14(17-12)11-4-2-1-3-5-11/h1-5,10,16H,6-9H2,(H2,15,17,18). The Morgan fingerprint density at radius 3 is 2.53 bits per heavy atom. The molecular formula is C14H17N5. The number of rotatable bonds is 2. The quantitative estimate of drug-likeness (QED) is 0.842. The molecule has 2 aromatic rings. The third-order valence-corrected chi connectivity index (χ3v) is 3.21. The lowest BCUT2D eigenvalue weighted by atomic mass is 10.2. The van der Waals surface area contributed by atoms with Gasteiger partial charge in [-0.3, -0.25) is 0 Å². The van der Waals surface area contributed by atoms with Crippen LogP contribution >= 0.6 is 0 Å². The van der Waals surface area contributed by atoms with Crippen molar-refractivity contribution in [3.05, 3.63) is 36.4 Å². The van der Waals surface area contributed by atoms with E-state index in [-0.39, 0.29) is 0 Å². The molecule has 5 heteroatoms. The van der Waals surface area contributed by atoms with Gasteiger partial charge in [0.05, 0.1) is 0 Å². The third-order valence-electron chi connectivity index (χ3n) is 3.21. The number of aromatic nitrogens is 2. The molecule has 1 fully saturated rings. The van der Waals surface area contributed by atoms with Crippen LogP contribution in [0, 0.1) is 0 Å². The second kappa shape index (κ2) is 5.24. The van der Waals surface area contributed by atoms with Crippen LogP contribution in [0.5, 0.6) is 0 Å². The number of nitrogens with one attached hydrogen (secondary N) is 1. The summed E-state index contributed by atoms with van der Waals surface area (Å²) < 4.78 is 0. The number of anilines is 2. The molecule has 1 saturated heterocycles. The number of nitrogen functional groups attached to an aromatic ring is 1. The van der Waals surface area contributed by atoms with Crippen LogP contribution in [0.15, 0.2) is 36.4 Å². The lowest BCUT2D eigenvalue weighted by Crippen LogP contribution is -2.44. The van der Waals surface area contributed by atoms with Crippen molar-refractivity contribution in [2.24, 2.45) is 0 Å². The Labute approximate surface area is 112 Å². The predicted molar refractivity (Wildman–Crippen MR) is 77.0 cm³/mol. The van der Waals surface area contributed by atoms with Gasteiger partial charge in [0.1, 0.15) is 11.6 Å². The number of hydrogen-bond donors (Lipinski definition) is 2. The molecule has 5 nitrogen and oxygen atoms in total. The van der Waals surface area contributed by atoms with E-state index in [2.05, 4.69) is 20.2 Å². The molecule has 1 aromatic carbocycles. The van der Waals surface area contributed by atoms with Crippen LogP contribution in [0.2, 0.25) is 0 Å². The molecule has 0 spiro atoms. The smallest absolute Gasteiger partial charge is 0.163 e. The van der Waals surface area contributed by atoms with Gasteiger partial charge in [0, 0.05) is 37.8 Å². The summed E-state index contributed by atoms with van der Waals surface area (Å²) in [5.74, 6) is 2.12. The molecule has 0 atom stereocenters. The lowest BCUT2D eigenvalue weighted by molar-refractivity contribution is 0.585. The van der Waals surface area contributed by atoms with Gasteiger partial charge < -0.3 is 16.0 Å². The van der Waals surface area contributed by atoms with Crippen LogP contribution in [0.3, 0.4) is 0 Å². The minimum absolute atomic E-state index is 0.516. The van der Waals surface area contributed by atoms with Crippen molar-refractivity contribution in [2.75, 3.05) is 36.8 Å². The van der Waals surface area contributed by atoms with Gasteiger partial charge in [-0.05, 0) is 0 Å². The highest BCUT2D eigenvalue weighted by Gasteiger charge is 2.14. The van der Waals surface area contributed by atoms with E-state index < -0.39 is 0 Å². The monoisotopic (exact) mass is 255 g/mol. The Morgan fingerprint density at radius 2 is 1.79 bits per heavy atom. The first-order chi connectivity index (χ1) is 9.33. The highest BCUT2D eigenvalue weighted by Crippen LogP contribution is 2.21. The van der Waals surface area contributed by atoms with Crippen molar-refractivity contribution in [1.82, 2.24) is 15.3 Å². The average Bonchev–Trinajstić information content (AvgIpc) is 2.48. The van der Waals surface area contributed by atoms with E-state index in [0.29, 0.717) is 11.6 Å². The molecule has 3 rings (SSSR count). The molecule has 1 aliphatic rings. The van der Waals surface area contributed by atoms with Crippen molar-refractivity contribution in [2.45, 2.75) is 0 Å². The van der Waals surface area contributed by atoms with Gasteiger partial charge in [0.15, 0.2) is 5.82 Å². The van der Waals surface area contributed by atoms with Crippen molar-refractivity contribution in [1.29, 1.82) is 0 Å². The fourth-order valence-corrected chi connectivity index (χ4v) is 2.22. The van der Waals surface area contributed by atoms with Gasteiger partial charge >= 0.3 is 0 Å². The maximum Gasteiger partial charge on any atom is 0.163 e. The Kier molecular flexibility index (Phi) is 3.29. The summed E-state index contributed by atoms with van der Waals surface area (Å²) in [6.45, 7) is 3.85. The zero-order valence-electron chi connectivity index (χ0n) is 10.7. The second-order valence-electron chi connectivity index (χ2n) is 4.58. The predicted octanol–water partition coefficient (Wildman–Crippen LogP) is 1.14. The topological polar surface area (TPSA) is 67.1 Å². The van der Waals surface area contributed by atoms with E-state index in [0.717, 1.165) is 37.6 Å². The zero-order valence-corrected chi connectivity index (χ0v) is 10.7. The van der Waals surface area contributed by atoms with Gasteiger partial charge in [-0.1, -0.05) is 30.3 Å². The van der Waals surface area contributed by atoms with Gasteiger partial charge in [0.2, 0.25) is 0 Å². The van der Waals surface area contributed by atoms with E-state index in [1.54, 1.807) is 0 Å². The van der Waals surface area contributed by atoms with Crippen molar-refractivity contribution < 1.29 is 0 Å². The van der Waals surface area contributed by atoms with Crippen LogP contribution in [0.25, 0.3) is 11.4 Å². The Bertz CT molecular complexity index is 549. The Hall–Kier alpha value is -2.14. The summed E-state index contributed by atoms with van der Waals surface area (Å²) >= 11 is 0. The summed E-state index contributed by atoms with van der Waals surface area (Å²) in [6, 6.07) is 11.8. The van der Waals surface area contributed by atoms with E-state index in [1.165, 1.54) is 0 Å². The summed E-state index contributed by atoms with van der Waals surface area (Å²) in [5, 5.41) is 3.33. The van der Waals surface area contributed by atoms with Gasteiger partial charge in [-0.25, -0.2) is 9.97 Å². The number of hydrogen-bond acceptors (Lipinski definition) is 5. The highest BCUT2D eigenvalue weighted by atomic mass is 15.2. The van der Waals surface area contributed by atoms with Crippen LogP contribution in [-0.4, -0.2) is 36.1 Å². The van der Waals surface area contributed by atoms with Crippen molar-refractivity contribution >= 4 is 11.6 Å². The lowest BCUT2D eigenvalue weighted by Gasteiger charge is -2.28. The molecular weight excluding hydrogens is 238 g/mol. The molecule has 3 N–H and O–H groups in total. The summed E-state index contributed by atoms with van der Waals surface area (Å²) in [7, 11) is 0. The normalized spacial score (nSPS) is 15.5. The molecule has 2 heterocycles. The molecule has 1 aliphatic heterocycles. The van der Waals surface area contributed by atoms with Gasteiger partial charge in [-0.15, -0.1) is 0 Å². The third kappa shape index (κ3) is 2.66. The molecule has 0 aliphatic carbocycles. The van der Waals surface area contributed by atoms with E-state index >= 15 is 0 Å². The van der Waals surface area contributed by atoms with E-state index in [4.69, 9.17) is 5.73 Å². The maximum atomic E-state index is 5.91. The zero-order chi connectivity index (χ0) is 13.1. The molecule has 0 saturated carbocycles. The van der Waals surface area contributed by atoms with Gasteiger partial charge in [0.25, 0.3) is 0 Å². The number of nitrogens with two attached hydrogens (primary N) is 1. The molecule has 1 aromatic heterocycles. The average molecular weight is 255 g/mol. The highest BCUT2D eigenvalue weighted by molar-refractivity contribution is 5.60. The maximum absolute atomic E-state index is 5.91. The first-order valence-electron chi connectivity index (χ1n) is 6.48. The Balaban J connectivity index is 1.96. The van der Waals surface area contributed by atoms with Crippen LogP contribution in [0.4, 0.5) is 11.6 Å². The number of piperazine rings is 1. The second-order valence-corrected chi connectivity index (χ2v) is 4.58. The fourth-order valence-electron chi connectivity index (χ4n) is 2.22. The summed E-state index contributed by atoms with van der Waals surface area (Å²) in [4.78, 5) is 11.2. The first kappa shape index (κ1) is 11.9. The molecule has 98 valence electrons. The first-order valence-corrected chi connectivity index (χ1v) is 6.48. The molecule has 0 unspecified atom stereocenters. The molecule has 0 radical (unpaired) electrons. The van der Waals surface area contributed by atoms with Crippen LogP contribution < -0.4 is 16.0 Å². The molecule has 0 amide bonds. The summed E-state index contributed by atoms with van der Waals surface area (Å²) in [6.07, 6.45) is 0. The molecule has 19 heavy (non-hydrogen) atoms.